The summed E-state index contributed by atoms with van der Waals surface area (Å²) in [5.74, 6) is 0.738. The van der Waals surface area contributed by atoms with Crippen molar-refractivity contribution >= 4 is 15.7 Å². The van der Waals surface area contributed by atoms with E-state index in [0.29, 0.717) is 24.5 Å². The normalized spacial score (nSPS) is 12.6. The first-order chi connectivity index (χ1) is 11.8. The number of benzene rings is 1. The molecular formula is C16H21N3O5S. The minimum Gasteiger partial charge on any atom is -0.492 e. The Labute approximate surface area is 146 Å². The summed E-state index contributed by atoms with van der Waals surface area (Å²) in [6, 6.07) is 6.78. The quantitative estimate of drug-likeness (QED) is 0.707. The van der Waals surface area contributed by atoms with Gasteiger partial charge in [-0.05, 0) is 30.7 Å². The molecule has 1 amide bonds. The van der Waals surface area contributed by atoms with Gasteiger partial charge in [-0.25, -0.2) is 8.42 Å². The number of carbonyl (C=O) groups excluding carboxylic acids is 1. The van der Waals surface area contributed by atoms with Crippen LogP contribution in [0.2, 0.25) is 0 Å². The second kappa shape index (κ2) is 8.11. The number of amides is 1. The van der Waals surface area contributed by atoms with Crippen molar-refractivity contribution in [2.45, 2.75) is 25.5 Å². The molecule has 2 rings (SSSR count). The summed E-state index contributed by atoms with van der Waals surface area (Å²) in [6.07, 6.45) is 1.80. The molecule has 1 aromatic carbocycles. The van der Waals surface area contributed by atoms with Crippen molar-refractivity contribution in [2.75, 3.05) is 19.4 Å². The zero-order chi connectivity index (χ0) is 18.4. The van der Waals surface area contributed by atoms with Crippen LogP contribution in [0.3, 0.4) is 0 Å². The summed E-state index contributed by atoms with van der Waals surface area (Å²) in [6.45, 7) is 4.61. The number of ether oxygens (including phenoxy) is 1. The van der Waals surface area contributed by atoms with E-state index in [0.717, 1.165) is 12.7 Å². The van der Waals surface area contributed by atoms with Crippen LogP contribution in [0.15, 0.2) is 33.9 Å². The molecule has 0 aliphatic rings. The van der Waals surface area contributed by atoms with E-state index in [-0.39, 0.29) is 17.7 Å². The number of sulfone groups is 1. The zero-order valence-electron chi connectivity index (χ0n) is 14.4. The predicted molar refractivity (Wildman–Crippen MR) is 90.8 cm³/mol. The van der Waals surface area contributed by atoms with E-state index in [1.165, 1.54) is 0 Å². The van der Waals surface area contributed by atoms with Crippen LogP contribution in [-0.4, -0.2) is 43.9 Å². The van der Waals surface area contributed by atoms with E-state index < -0.39 is 15.1 Å². The minimum absolute atomic E-state index is 0.00878. The summed E-state index contributed by atoms with van der Waals surface area (Å²) in [5.41, 5.74) is 0.583. The van der Waals surface area contributed by atoms with Gasteiger partial charge in [-0.15, -0.1) is 5.10 Å². The first-order valence-electron chi connectivity index (χ1n) is 7.85. The van der Waals surface area contributed by atoms with Gasteiger partial charge in [0.05, 0.1) is 6.54 Å². The highest BCUT2D eigenvalue weighted by Gasteiger charge is 2.17. The molecule has 0 bridgehead atoms. The average molecular weight is 367 g/mol. The molecule has 1 unspecified atom stereocenters. The first kappa shape index (κ1) is 18.9. The molecule has 1 heterocycles. The maximum Gasteiger partial charge on any atom is 0.335 e. The standard InChI is InChI=1S/C16H21N3O5S/c1-4-11(2)14(20)17-9-10-23-13-7-5-12(6-8-13)15-18-19-16(24-15)25(3,21)22/h5-8,11H,4,9-10H2,1-3H3,(H,17,20). The highest BCUT2D eigenvalue weighted by atomic mass is 32.2. The van der Waals surface area contributed by atoms with Crippen molar-refractivity contribution in [3.63, 3.8) is 0 Å². The Morgan fingerprint density at radius 1 is 1.28 bits per heavy atom. The van der Waals surface area contributed by atoms with Crippen LogP contribution >= 0.6 is 0 Å². The molecule has 136 valence electrons. The van der Waals surface area contributed by atoms with E-state index >= 15 is 0 Å². The molecule has 0 radical (unpaired) electrons. The molecule has 0 aliphatic carbocycles. The lowest BCUT2D eigenvalue weighted by Crippen LogP contribution is -2.32. The molecule has 1 aromatic heterocycles. The van der Waals surface area contributed by atoms with Crippen molar-refractivity contribution in [1.82, 2.24) is 15.5 Å². The summed E-state index contributed by atoms with van der Waals surface area (Å²) < 4.78 is 33.4. The second-order valence-electron chi connectivity index (χ2n) is 5.62. The highest BCUT2D eigenvalue weighted by Crippen LogP contribution is 2.22. The number of nitrogens with one attached hydrogen (secondary N) is 1. The van der Waals surface area contributed by atoms with Gasteiger partial charge in [0.25, 0.3) is 0 Å². The van der Waals surface area contributed by atoms with Crippen molar-refractivity contribution in [1.29, 1.82) is 0 Å². The van der Waals surface area contributed by atoms with E-state index in [1.807, 2.05) is 13.8 Å². The molecule has 25 heavy (non-hydrogen) atoms. The van der Waals surface area contributed by atoms with Gasteiger partial charge in [0.2, 0.25) is 21.6 Å². The van der Waals surface area contributed by atoms with Gasteiger partial charge in [-0.3, -0.25) is 4.79 Å². The third-order valence-corrected chi connectivity index (χ3v) is 4.35. The maximum absolute atomic E-state index is 11.6. The molecule has 1 atom stereocenters. The lowest BCUT2D eigenvalue weighted by molar-refractivity contribution is -0.124. The number of hydrogen-bond acceptors (Lipinski definition) is 7. The minimum atomic E-state index is -3.53. The first-order valence-corrected chi connectivity index (χ1v) is 9.75. The third-order valence-electron chi connectivity index (χ3n) is 3.55. The monoisotopic (exact) mass is 367 g/mol. The smallest absolute Gasteiger partial charge is 0.335 e. The summed E-state index contributed by atoms with van der Waals surface area (Å²) in [7, 11) is -3.53. The van der Waals surface area contributed by atoms with Crippen LogP contribution in [0.1, 0.15) is 20.3 Å². The zero-order valence-corrected chi connectivity index (χ0v) is 15.2. The van der Waals surface area contributed by atoms with Crippen LogP contribution in [0.25, 0.3) is 11.5 Å². The lowest BCUT2D eigenvalue weighted by Gasteiger charge is -2.11. The van der Waals surface area contributed by atoms with Gasteiger partial charge in [0, 0.05) is 17.7 Å². The Bertz CT molecular complexity index is 815. The maximum atomic E-state index is 11.6. The highest BCUT2D eigenvalue weighted by molar-refractivity contribution is 7.90. The number of hydrogen-bond donors (Lipinski definition) is 1. The molecule has 0 fully saturated rings. The van der Waals surface area contributed by atoms with Crippen LogP contribution in [-0.2, 0) is 14.6 Å². The molecule has 0 aliphatic heterocycles. The largest absolute Gasteiger partial charge is 0.492 e. The SMILES string of the molecule is CCC(C)C(=O)NCCOc1ccc(-c2nnc(S(C)(=O)=O)o2)cc1. The van der Waals surface area contributed by atoms with Crippen LogP contribution in [0, 0.1) is 5.92 Å². The molecule has 0 saturated carbocycles. The predicted octanol–water partition coefficient (Wildman–Crippen LogP) is 1.68. The van der Waals surface area contributed by atoms with Gasteiger partial charge in [0.1, 0.15) is 12.4 Å². The number of aromatic nitrogens is 2. The van der Waals surface area contributed by atoms with Crippen molar-refractivity contribution in [2.24, 2.45) is 5.92 Å². The fourth-order valence-electron chi connectivity index (χ4n) is 1.87. The van der Waals surface area contributed by atoms with Gasteiger partial charge in [0.15, 0.2) is 0 Å². The van der Waals surface area contributed by atoms with Gasteiger partial charge < -0.3 is 14.5 Å². The van der Waals surface area contributed by atoms with Crippen molar-refractivity contribution in [3.8, 4) is 17.2 Å². The van der Waals surface area contributed by atoms with E-state index in [4.69, 9.17) is 9.15 Å². The molecule has 2 aromatic rings. The number of rotatable bonds is 8. The Kier molecular flexibility index (Phi) is 6.13. The molecule has 9 heteroatoms. The topological polar surface area (TPSA) is 111 Å². The van der Waals surface area contributed by atoms with E-state index in [1.54, 1.807) is 24.3 Å². The molecular weight excluding hydrogens is 346 g/mol. The number of carbonyl (C=O) groups is 1. The molecule has 8 nitrogen and oxygen atoms in total. The average Bonchev–Trinajstić information content (AvgIpc) is 3.08. The fraction of sp³-hybridized carbons (Fsp3) is 0.438. The van der Waals surface area contributed by atoms with Crippen molar-refractivity contribution in [3.05, 3.63) is 24.3 Å². The van der Waals surface area contributed by atoms with Gasteiger partial charge in [-0.2, -0.15) is 0 Å². The van der Waals surface area contributed by atoms with E-state index in [9.17, 15) is 13.2 Å². The van der Waals surface area contributed by atoms with Crippen molar-refractivity contribution < 1.29 is 22.4 Å². The van der Waals surface area contributed by atoms with Crippen LogP contribution in [0.5, 0.6) is 5.75 Å². The summed E-state index contributed by atoms with van der Waals surface area (Å²) >= 11 is 0. The summed E-state index contributed by atoms with van der Waals surface area (Å²) in [4.78, 5) is 11.6. The fourth-order valence-corrected chi connectivity index (χ4v) is 2.29. The third kappa shape index (κ3) is 5.28. The van der Waals surface area contributed by atoms with Crippen LogP contribution < -0.4 is 10.1 Å². The lowest BCUT2D eigenvalue weighted by atomic mass is 10.1. The van der Waals surface area contributed by atoms with Crippen LogP contribution in [0.4, 0.5) is 0 Å². The van der Waals surface area contributed by atoms with Gasteiger partial charge >= 0.3 is 5.22 Å². The molecule has 0 saturated heterocycles. The van der Waals surface area contributed by atoms with E-state index in [2.05, 4.69) is 15.5 Å². The Morgan fingerprint density at radius 3 is 2.52 bits per heavy atom. The second-order valence-corrected chi connectivity index (χ2v) is 7.51. The molecule has 1 N–H and O–H groups in total. The Hall–Kier alpha value is -2.42. The number of nitrogens with zero attached hydrogens (tertiary/aromatic N) is 2. The summed E-state index contributed by atoms with van der Waals surface area (Å²) in [5, 5.41) is 9.61. The Morgan fingerprint density at radius 2 is 1.96 bits per heavy atom. The van der Waals surface area contributed by atoms with Gasteiger partial charge in [-0.1, -0.05) is 18.9 Å². The molecule has 0 spiro atoms. The Balaban J connectivity index is 1.88.